The molecule has 1 fully saturated rings. The van der Waals surface area contributed by atoms with Crippen molar-refractivity contribution in [3.05, 3.63) is 0 Å². The van der Waals surface area contributed by atoms with E-state index in [1.54, 1.807) is 0 Å². The second-order valence-corrected chi connectivity index (χ2v) is 4.15. The van der Waals surface area contributed by atoms with Crippen molar-refractivity contribution in [2.45, 2.75) is 51.6 Å². The lowest BCUT2D eigenvalue weighted by molar-refractivity contribution is -0.0707. The maximum Gasteiger partial charge on any atom is 0.506 e. The number of hydrogen-bond acceptors (Lipinski definition) is 2. The lowest BCUT2D eigenvalue weighted by atomic mass is 9.77. The molecule has 0 aromatic rings. The molecule has 1 N–H and O–H groups in total. The lowest BCUT2D eigenvalue weighted by Crippen LogP contribution is -2.41. The third kappa shape index (κ3) is 2.36. The van der Waals surface area contributed by atoms with Crippen molar-refractivity contribution in [2.24, 2.45) is 5.92 Å². The zero-order valence-corrected chi connectivity index (χ0v) is 8.38. The molecule has 76 valence electrons. The quantitative estimate of drug-likeness (QED) is 0.674. The van der Waals surface area contributed by atoms with Crippen molar-refractivity contribution in [3.8, 4) is 0 Å². The molecule has 1 aliphatic carbocycles. The van der Waals surface area contributed by atoms with Gasteiger partial charge < -0.3 is 9.84 Å². The minimum atomic E-state index is -1.13. The average molecular weight is 186 g/mol. The van der Waals surface area contributed by atoms with E-state index in [-0.39, 0.29) is 5.92 Å². The van der Waals surface area contributed by atoms with Crippen LogP contribution in [0.4, 0.5) is 4.79 Å². The molecule has 0 saturated heterocycles. The van der Waals surface area contributed by atoms with E-state index in [0.717, 1.165) is 25.7 Å². The minimum absolute atomic E-state index is 0.281. The Labute approximate surface area is 79.1 Å². The Morgan fingerprint density at radius 2 is 1.85 bits per heavy atom. The van der Waals surface area contributed by atoms with Gasteiger partial charge in [-0.3, -0.25) is 0 Å². The Balaban J connectivity index is 2.67. The molecule has 0 heterocycles. The molecule has 1 aliphatic rings. The summed E-state index contributed by atoms with van der Waals surface area (Å²) in [5, 5.41) is 8.66. The van der Waals surface area contributed by atoms with E-state index in [1.165, 1.54) is 6.42 Å². The van der Waals surface area contributed by atoms with Crippen molar-refractivity contribution >= 4 is 6.16 Å². The normalized spacial score (nSPS) is 21.5. The summed E-state index contributed by atoms with van der Waals surface area (Å²) in [4.78, 5) is 10.6. The molecule has 0 bridgehead atoms. The zero-order chi connectivity index (χ0) is 9.90. The van der Waals surface area contributed by atoms with Gasteiger partial charge in [0.2, 0.25) is 0 Å². The predicted molar refractivity (Wildman–Crippen MR) is 49.8 cm³/mol. The summed E-state index contributed by atoms with van der Waals surface area (Å²) >= 11 is 0. The van der Waals surface area contributed by atoms with Gasteiger partial charge >= 0.3 is 6.16 Å². The van der Waals surface area contributed by atoms with E-state index >= 15 is 0 Å². The highest BCUT2D eigenvalue weighted by Crippen LogP contribution is 2.37. The molecule has 13 heavy (non-hydrogen) atoms. The van der Waals surface area contributed by atoms with Gasteiger partial charge in [0.1, 0.15) is 5.60 Å². The van der Waals surface area contributed by atoms with Crippen LogP contribution in [-0.4, -0.2) is 16.9 Å². The average Bonchev–Trinajstić information content (AvgIpc) is 2.04. The fourth-order valence-corrected chi connectivity index (χ4v) is 2.12. The monoisotopic (exact) mass is 186 g/mol. The third-order valence-electron chi connectivity index (χ3n) is 3.04. The van der Waals surface area contributed by atoms with Gasteiger partial charge in [0.25, 0.3) is 0 Å². The first kappa shape index (κ1) is 10.4. The molecule has 0 aromatic carbocycles. The van der Waals surface area contributed by atoms with Crippen LogP contribution < -0.4 is 0 Å². The van der Waals surface area contributed by atoms with E-state index in [2.05, 4.69) is 0 Å². The number of hydrogen-bond donors (Lipinski definition) is 1. The van der Waals surface area contributed by atoms with Crippen LogP contribution >= 0.6 is 0 Å². The van der Waals surface area contributed by atoms with E-state index in [0.29, 0.717) is 0 Å². The minimum Gasteiger partial charge on any atom is -0.450 e. The molecular formula is C10H18O3. The van der Waals surface area contributed by atoms with Gasteiger partial charge in [-0.1, -0.05) is 20.3 Å². The molecule has 3 heteroatoms. The third-order valence-corrected chi connectivity index (χ3v) is 3.04. The lowest BCUT2D eigenvalue weighted by Gasteiger charge is -2.39. The molecule has 0 aliphatic heterocycles. The second kappa shape index (κ2) is 3.99. The van der Waals surface area contributed by atoms with Gasteiger partial charge in [0.05, 0.1) is 0 Å². The van der Waals surface area contributed by atoms with Gasteiger partial charge in [-0.15, -0.1) is 0 Å². The van der Waals surface area contributed by atoms with Gasteiger partial charge in [0.15, 0.2) is 0 Å². The van der Waals surface area contributed by atoms with Crippen LogP contribution in [0.1, 0.15) is 46.0 Å². The Bertz CT molecular complexity index is 181. The molecule has 0 atom stereocenters. The first-order valence-electron chi connectivity index (χ1n) is 4.99. The Kier molecular flexibility index (Phi) is 3.17. The summed E-state index contributed by atoms with van der Waals surface area (Å²) in [7, 11) is 0. The Hall–Kier alpha value is -0.730. The van der Waals surface area contributed by atoms with Gasteiger partial charge in [-0.2, -0.15) is 0 Å². The molecule has 0 aromatic heterocycles. The maximum absolute atomic E-state index is 10.6. The predicted octanol–water partition coefficient (Wildman–Crippen LogP) is 3.04. The van der Waals surface area contributed by atoms with E-state index in [1.807, 2.05) is 13.8 Å². The Morgan fingerprint density at radius 1 is 1.31 bits per heavy atom. The first-order chi connectivity index (χ1) is 6.07. The molecular weight excluding hydrogens is 168 g/mol. The fourth-order valence-electron chi connectivity index (χ4n) is 2.12. The molecule has 3 nitrogen and oxygen atoms in total. The largest absolute Gasteiger partial charge is 0.506 e. The number of carbonyl (C=O) groups is 1. The summed E-state index contributed by atoms with van der Waals surface area (Å²) in [6.45, 7) is 4.07. The highest BCUT2D eigenvalue weighted by molar-refractivity contribution is 5.57. The SMILES string of the molecule is CC(C)C1(OC(=O)O)CCCCC1. The number of carboxylic acid groups (broad SMARTS) is 1. The second-order valence-electron chi connectivity index (χ2n) is 4.15. The summed E-state index contributed by atoms with van der Waals surface area (Å²) in [6, 6.07) is 0. The van der Waals surface area contributed by atoms with Gasteiger partial charge in [-0.25, -0.2) is 4.79 Å². The molecule has 0 amide bonds. The van der Waals surface area contributed by atoms with Crippen LogP contribution in [0.3, 0.4) is 0 Å². The van der Waals surface area contributed by atoms with Crippen molar-refractivity contribution in [1.29, 1.82) is 0 Å². The Morgan fingerprint density at radius 3 is 2.23 bits per heavy atom. The standard InChI is InChI=1S/C10H18O3/c1-8(2)10(13-9(11)12)6-4-3-5-7-10/h8H,3-7H2,1-2H3,(H,11,12). The van der Waals surface area contributed by atoms with Crippen LogP contribution in [0.25, 0.3) is 0 Å². The summed E-state index contributed by atoms with van der Waals surface area (Å²) < 4.78 is 5.06. The van der Waals surface area contributed by atoms with Crippen LogP contribution in [0.15, 0.2) is 0 Å². The molecule has 0 spiro atoms. The number of ether oxygens (including phenoxy) is 1. The highest BCUT2D eigenvalue weighted by atomic mass is 16.7. The fraction of sp³-hybridized carbons (Fsp3) is 0.900. The van der Waals surface area contributed by atoms with E-state index in [4.69, 9.17) is 9.84 Å². The maximum atomic E-state index is 10.6. The summed E-state index contributed by atoms with van der Waals surface area (Å²) in [5.41, 5.74) is -0.399. The van der Waals surface area contributed by atoms with Crippen molar-refractivity contribution < 1.29 is 14.6 Å². The van der Waals surface area contributed by atoms with Crippen LogP contribution in [-0.2, 0) is 4.74 Å². The van der Waals surface area contributed by atoms with Crippen molar-refractivity contribution in [1.82, 2.24) is 0 Å². The molecule has 1 rings (SSSR count). The van der Waals surface area contributed by atoms with Gasteiger partial charge in [-0.05, 0) is 31.6 Å². The highest BCUT2D eigenvalue weighted by Gasteiger charge is 2.38. The molecule has 0 unspecified atom stereocenters. The topological polar surface area (TPSA) is 46.5 Å². The van der Waals surface area contributed by atoms with Crippen LogP contribution in [0, 0.1) is 5.92 Å². The van der Waals surface area contributed by atoms with Crippen molar-refractivity contribution in [3.63, 3.8) is 0 Å². The van der Waals surface area contributed by atoms with E-state index in [9.17, 15) is 4.79 Å². The smallest absolute Gasteiger partial charge is 0.450 e. The molecule has 0 radical (unpaired) electrons. The van der Waals surface area contributed by atoms with Gasteiger partial charge in [0, 0.05) is 0 Å². The summed E-state index contributed by atoms with van der Waals surface area (Å²) in [5.74, 6) is 0.281. The zero-order valence-electron chi connectivity index (χ0n) is 8.38. The first-order valence-corrected chi connectivity index (χ1v) is 4.99. The van der Waals surface area contributed by atoms with Crippen molar-refractivity contribution in [2.75, 3.05) is 0 Å². The van der Waals surface area contributed by atoms with Crippen LogP contribution in [0.2, 0.25) is 0 Å². The molecule has 1 saturated carbocycles. The number of rotatable bonds is 2. The van der Waals surface area contributed by atoms with E-state index < -0.39 is 11.8 Å². The summed E-state index contributed by atoms with van der Waals surface area (Å²) in [6.07, 6.45) is 4.03. The van der Waals surface area contributed by atoms with Crippen LogP contribution in [0.5, 0.6) is 0 Å².